The Morgan fingerprint density at radius 3 is 2.82 bits per heavy atom. The molecule has 3 rings (SSSR count). The number of aromatic nitrogens is 2. The Hall–Kier alpha value is -1.95. The molecule has 0 fully saturated rings. The average molecular weight is 313 g/mol. The van der Waals surface area contributed by atoms with Crippen molar-refractivity contribution in [2.24, 2.45) is 7.05 Å². The second-order valence-electron chi connectivity index (χ2n) is 5.25. The van der Waals surface area contributed by atoms with Crippen molar-refractivity contribution in [3.8, 4) is 11.3 Å². The van der Waals surface area contributed by atoms with Crippen molar-refractivity contribution >= 4 is 11.3 Å². The first-order valence-electron chi connectivity index (χ1n) is 7.23. The van der Waals surface area contributed by atoms with E-state index in [-0.39, 0.29) is 0 Å². The molecule has 4 nitrogen and oxygen atoms in total. The van der Waals surface area contributed by atoms with Gasteiger partial charge in [-0.25, -0.2) is 0 Å². The number of rotatable bonds is 6. The van der Waals surface area contributed by atoms with E-state index < -0.39 is 6.10 Å². The van der Waals surface area contributed by atoms with E-state index in [4.69, 9.17) is 0 Å². The Bertz CT molecular complexity index is 707. The highest BCUT2D eigenvalue weighted by molar-refractivity contribution is 7.07. The van der Waals surface area contributed by atoms with Crippen molar-refractivity contribution < 1.29 is 5.11 Å². The highest BCUT2D eigenvalue weighted by atomic mass is 32.1. The SMILES string of the molecule is Cn1cc(CNCC(O)c2ccsc2)c(-c2ccccc2)n1. The van der Waals surface area contributed by atoms with Crippen LogP contribution in [-0.4, -0.2) is 21.4 Å². The molecule has 0 amide bonds. The molecule has 1 aromatic carbocycles. The van der Waals surface area contributed by atoms with Gasteiger partial charge in [0.1, 0.15) is 0 Å². The summed E-state index contributed by atoms with van der Waals surface area (Å²) in [5.41, 5.74) is 4.19. The Morgan fingerprint density at radius 2 is 2.09 bits per heavy atom. The van der Waals surface area contributed by atoms with Crippen LogP contribution < -0.4 is 5.32 Å². The number of aliphatic hydroxyl groups excluding tert-OH is 1. The normalized spacial score (nSPS) is 12.5. The maximum atomic E-state index is 10.1. The van der Waals surface area contributed by atoms with E-state index in [9.17, 15) is 5.11 Å². The summed E-state index contributed by atoms with van der Waals surface area (Å²) in [6.45, 7) is 1.21. The van der Waals surface area contributed by atoms with Gasteiger partial charge < -0.3 is 10.4 Å². The smallest absolute Gasteiger partial charge is 0.0967 e. The summed E-state index contributed by atoms with van der Waals surface area (Å²) >= 11 is 1.60. The van der Waals surface area contributed by atoms with Crippen molar-refractivity contribution in [1.29, 1.82) is 0 Å². The van der Waals surface area contributed by atoms with Crippen molar-refractivity contribution in [2.45, 2.75) is 12.6 Å². The van der Waals surface area contributed by atoms with Gasteiger partial charge in [-0.2, -0.15) is 16.4 Å². The van der Waals surface area contributed by atoms with Gasteiger partial charge in [-0.05, 0) is 22.4 Å². The quantitative estimate of drug-likeness (QED) is 0.735. The van der Waals surface area contributed by atoms with Crippen molar-refractivity contribution in [3.63, 3.8) is 0 Å². The second-order valence-corrected chi connectivity index (χ2v) is 6.03. The summed E-state index contributed by atoms with van der Waals surface area (Å²) in [5, 5.41) is 21.9. The van der Waals surface area contributed by atoms with Crippen LogP contribution >= 0.6 is 11.3 Å². The summed E-state index contributed by atoms with van der Waals surface area (Å²) in [4.78, 5) is 0. The highest BCUT2D eigenvalue weighted by Gasteiger charge is 2.11. The topological polar surface area (TPSA) is 50.1 Å². The molecule has 0 spiro atoms. The predicted molar refractivity (Wildman–Crippen MR) is 89.6 cm³/mol. The van der Waals surface area contributed by atoms with Crippen LogP contribution in [0.15, 0.2) is 53.4 Å². The van der Waals surface area contributed by atoms with Gasteiger partial charge in [-0.1, -0.05) is 30.3 Å². The lowest BCUT2D eigenvalue weighted by Gasteiger charge is -2.10. The van der Waals surface area contributed by atoms with E-state index in [1.54, 1.807) is 11.3 Å². The zero-order valence-electron chi connectivity index (χ0n) is 12.4. The molecule has 0 aliphatic carbocycles. The molecule has 2 heterocycles. The molecule has 1 atom stereocenters. The zero-order chi connectivity index (χ0) is 15.4. The Kier molecular flexibility index (Phi) is 4.68. The highest BCUT2D eigenvalue weighted by Crippen LogP contribution is 2.21. The fourth-order valence-corrected chi connectivity index (χ4v) is 3.14. The van der Waals surface area contributed by atoms with Crippen molar-refractivity contribution in [2.75, 3.05) is 6.54 Å². The van der Waals surface area contributed by atoms with Gasteiger partial charge in [0.2, 0.25) is 0 Å². The first-order chi connectivity index (χ1) is 10.7. The van der Waals surface area contributed by atoms with E-state index in [1.165, 1.54) is 0 Å². The molecule has 0 aliphatic rings. The third-order valence-corrected chi connectivity index (χ3v) is 4.23. The molecular formula is C17H19N3OS. The van der Waals surface area contributed by atoms with Crippen LogP contribution in [0.3, 0.4) is 0 Å². The van der Waals surface area contributed by atoms with E-state index >= 15 is 0 Å². The number of aliphatic hydroxyl groups is 1. The van der Waals surface area contributed by atoms with E-state index in [1.807, 2.05) is 53.0 Å². The lowest BCUT2D eigenvalue weighted by atomic mass is 10.1. The fourth-order valence-electron chi connectivity index (χ4n) is 2.43. The monoisotopic (exact) mass is 313 g/mol. The number of hydrogen-bond donors (Lipinski definition) is 2. The standard InChI is InChI=1S/C17H19N3OS/c1-20-11-15(17(19-20)13-5-3-2-4-6-13)9-18-10-16(21)14-7-8-22-12-14/h2-8,11-12,16,18,21H,9-10H2,1H3. The minimum Gasteiger partial charge on any atom is -0.387 e. The van der Waals surface area contributed by atoms with Crippen LogP contribution in [0.1, 0.15) is 17.2 Å². The summed E-state index contributed by atoms with van der Waals surface area (Å²) in [6.07, 6.45) is 1.55. The van der Waals surface area contributed by atoms with Gasteiger partial charge in [0, 0.05) is 37.5 Å². The molecule has 0 saturated heterocycles. The lowest BCUT2D eigenvalue weighted by Crippen LogP contribution is -2.20. The molecular weight excluding hydrogens is 294 g/mol. The minimum absolute atomic E-state index is 0.469. The number of aryl methyl sites for hydroxylation is 1. The molecule has 22 heavy (non-hydrogen) atoms. The number of nitrogens with zero attached hydrogens (tertiary/aromatic N) is 2. The third kappa shape index (κ3) is 3.44. The van der Waals surface area contributed by atoms with Crippen LogP contribution in [-0.2, 0) is 13.6 Å². The molecule has 0 saturated carbocycles. The molecule has 0 aliphatic heterocycles. The first-order valence-corrected chi connectivity index (χ1v) is 8.17. The number of benzene rings is 1. The first kappa shape index (κ1) is 15.0. The van der Waals surface area contributed by atoms with Crippen LogP contribution in [0.2, 0.25) is 0 Å². The Labute approximate surface area is 134 Å². The summed E-state index contributed by atoms with van der Waals surface area (Å²) in [7, 11) is 1.93. The second kappa shape index (κ2) is 6.87. The molecule has 114 valence electrons. The lowest BCUT2D eigenvalue weighted by molar-refractivity contribution is 0.175. The molecule has 5 heteroatoms. The third-order valence-electron chi connectivity index (χ3n) is 3.53. The van der Waals surface area contributed by atoms with Gasteiger partial charge in [-0.15, -0.1) is 0 Å². The zero-order valence-corrected chi connectivity index (χ0v) is 13.3. The van der Waals surface area contributed by atoms with Gasteiger partial charge in [-0.3, -0.25) is 4.68 Å². The molecule has 3 aromatic rings. The van der Waals surface area contributed by atoms with Crippen LogP contribution in [0.25, 0.3) is 11.3 Å². The average Bonchev–Trinajstić information content (AvgIpc) is 3.18. The summed E-state index contributed by atoms with van der Waals surface area (Å²) in [5.74, 6) is 0. The van der Waals surface area contributed by atoms with Gasteiger partial charge in [0.05, 0.1) is 11.8 Å². The van der Waals surface area contributed by atoms with Crippen LogP contribution in [0, 0.1) is 0 Å². The van der Waals surface area contributed by atoms with Crippen molar-refractivity contribution in [3.05, 3.63) is 64.5 Å². The van der Waals surface area contributed by atoms with E-state index in [0.717, 1.165) is 22.4 Å². The number of hydrogen-bond acceptors (Lipinski definition) is 4. The van der Waals surface area contributed by atoms with E-state index in [2.05, 4.69) is 22.5 Å². The summed E-state index contributed by atoms with van der Waals surface area (Å²) in [6, 6.07) is 12.1. The molecule has 2 aromatic heterocycles. The Morgan fingerprint density at radius 1 is 1.27 bits per heavy atom. The number of thiophene rings is 1. The molecule has 0 bridgehead atoms. The number of nitrogens with one attached hydrogen (secondary N) is 1. The van der Waals surface area contributed by atoms with Crippen molar-refractivity contribution in [1.82, 2.24) is 15.1 Å². The van der Waals surface area contributed by atoms with E-state index in [0.29, 0.717) is 13.1 Å². The fraction of sp³-hybridized carbons (Fsp3) is 0.235. The minimum atomic E-state index is -0.469. The molecule has 0 radical (unpaired) electrons. The maximum absolute atomic E-state index is 10.1. The largest absolute Gasteiger partial charge is 0.387 e. The predicted octanol–water partition coefficient (Wildman–Crippen LogP) is 2.97. The van der Waals surface area contributed by atoms with Crippen LogP contribution in [0.5, 0.6) is 0 Å². The van der Waals surface area contributed by atoms with Gasteiger partial charge >= 0.3 is 0 Å². The van der Waals surface area contributed by atoms with Crippen LogP contribution in [0.4, 0.5) is 0 Å². The maximum Gasteiger partial charge on any atom is 0.0967 e. The van der Waals surface area contributed by atoms with Gasteiger partial charge in [0.15, 0.2) is 0 Å². The van der Waals surface area contributed by atoms with Gasteiger partial charge in [0.25, 0.3) is 0 Å². The Balaban J connectivity index is 1.66. The molecule has 2 N–H and O–H groups in total. The molecule has 1 unspecified atom stereocenters. The summed E-state index contributed by atoms with van der Waals surface area (Å²) < 4.78 is 1.83.